The lowest BCUT2D eigenvalue weighted by Gasteiger charge is -2.09. The largest absolute Gasteiger partial charge is 0.338 e. The number of nitrogens with one attached hydrogen (secondary N) is 3. The van der Waals surface area contributed by atoms with E-state index in [1.807, 2.05) is 14.1 Å². The maximum absolute atomic E-state index is 11.2. The van der Waals surface area contributed by atoms with Gasteiger partial charge in [0.05, 0.1) is 0 Å². The molecule has 0 unspecified atom stereocenters. The fraction of sp³-hybridized carbons (Fsp3) is 0.714. The topological polar surface area (TPSA) is 98.8 Å². The van der Waals surface area contributed by atoms with E-state index in [2.05, 4.69) is 36.2 Å². The van der Waals surface area contributed by atoms with Gasteiger partial charge in [0.2, 0.25) is 5.95 Å². The zero-order valence-corrected chi connectivity index (χ0v) is 8.82. The van der Waals surface area contributed by atoms with Crippen LogP contribution in [0, 0.1) is 0 Å². The quantitative estimate of drug-likeness (QED) is 0.560. The first-order valence-electron chi connectivity index (χ1n) is 4.62. The van der Waals surface area contributed by atoms with Crippen LogP contribution >= 0.6 is 0 Å². The molecular formula is C7H15N7O. The minimum atomic E-state index is -0.313. The van der Waals surface area contributed by atoms with Gasteiger partial charge in [-0.05, 0) is 37.5 Å². The fourth-order valence-electron chi connectivity index (χ4n) is 0.961. The number of urea groups is 1. The summed E-state index contributed by atoms with van der Waals surface area (Å²) < 4.78 is 0. The molecule has 1 aromatic rings. The molecule has 0 spiro atoms. The third-order valence-corrected chi connectivity index (χ3v) is 1.64. The average molecular weight is 213 g/mol. The van der Waals surface area contributed by atoms with Crippen molar-refractivity contribution in [3.8, 4) is 0 Å². The molecule has 0 aromatic carbocycles. The van der Waals surface area contributed by atoms with Crippen LogP contribution in [-0.2, 0) is 0 Å². The molecule has 8 heteroatoms. The SMILES string of the molecule is CN(C)CCCNC(=O)Nc1nnn[nH]1. The second-order valence-electron chi connectivity index (χ2n) is 3.29. The van der Waals surface area contributed by atoms with Crippen molar-refractivity contribution in [1.29, 1.82) is 0 Å². The molecule has 15 heavy (non-hydrogen) atoms. The summed E-state index contributed by atoms with van der Waals surface area (Å²) >= 11 is 0. The molecule has 1 rings (SSSR count). The summed E-state index contributed by atoms with van der Waals surface area (Å²) in [5, 5.41) is 17.7. The summed E-state index contributed by atoms with van der Waals surface area (Å²) in [6.07, 6.45) is 0.898. The number of rotatable bonds is 5. The summed E-state index contributed by atoms with van der Waals surface area (Å²) in [6.45, 7) is 1.55. The van der Waals surface area contributed by atoms with Crippen molar-refractivity contribution in [2.75, 3.05) is 32.5 Å². The Labute approximate surface area is 87.4 Å². The second kappa shape index (κ2) is 5.91. The van der Waals surface area contributed by atoms with Crippen LogP contribution in [-0.4, -0.2) is 58.7 Å². The maximum atomic E-state index is 11.2. The van der Waals surface area contributed by atoms with Gasteiger partial charge < -0.3 is 10.2 Å². The van der Waals surface area contributed by atoms with Gasteiger partial charge in [0.1, 0.15) is 0 Å². The molecular weight excluding hydrogens is 198 g/mol. The lowest BCUT2D eigenvalue weighted by molar-refractivity contribution is 0.251. The van der Waals surface area contributed by atoms with E-state index in [0.717, 1.165) is 13.0 Å². The molecule has 0 aliphatic carbocycles. The summed E-state index contributed by atoms with van der Waals surface area (Å²) in [5.41, 5.74) is 0. The third-order valence-electron chi connectivity index (χ3n) is 1.64. The normalized spacial score (nSPS) is 10.3. The van der Waals surface area contributed by atoms with Crippen molar-refractivity contribution >= 4 is 12.0 Å². The van der Waals surface area contributed by atoms with Crippen LogP contribution < -0.4 is 10.6 Å². The molecule has 0 aliphatic rings. The second-order valence-corrected chi connectivity index (χ2v) is 3.29. The Bertz CT molecular complexity index is 284. The van der Waals surface area contributed by atoms with E-state index in [1.165, 1.54) is 0 Å². The Hall–Kier alpha value is -1.70. The van der Waals surface area contributed by atoms with Crippen LogP contribution in [0.2, 0.25) is 0 Å². The third kappa shape index (κ3) is 4.91. The fourth-order valence-corrected chi connectivity index (χ4v) is 0.961. The van der Waals surface area contributed by atoms with Crippen LogP contribution in [0.25, 0.3) is 0 Å². The Morgan fingerprint density at radius 3 is 2.93 bits per heavy atom. The smallest absolute Gasteiger partial charge is 0.321 e. The average Bonchev–Trinajstić information content (AvgIpc) is 2.64. The highest BCUT2D eigenvalue weighted by Crippen LogP contribution is 1.89. The molecule has 0 aliphatic heterocycles. The van der Waals surface area contributed by atoms with E-state index < -0.39 is 0 Å². The number of aromatic nitrogens is 4. The van der Waals surface area contributed by atoms with Gasteiger partial charge in [0, 0.05) is 6.54 Å². The zero-order chi connectivity index (χ0) is 11.1. The van der Waals surface area contributed by atoms with Crippen LogP contribution in [0.15, 0.2) is 0 Å². The molecule has 0 fully saturated rings. The van der Waals surface area contributed by atoms with Crippen molar-refractivity contribution in [2.24, 2.45) is 0 Å². The highest BCUT2D eigenvalue weighted by atomic mass is 16.2. The summed E-state index contributed by atoms with van der Waals surface area (Å²) in [7, 11) is 3.97. The molecule has 84 valence electrons. The Balaban J connectivity index is 2.09. The number of tetrazole rings is 1. The summed E-state index contributed by atoms with van der Waals surface area (Å²) in [6, 6.07) is -0.313. The minimum absolute atomic E-state index is 0.236. The van der Waals surface area contributed by atoms with Gasteiger partial charge in [-0.25, -0.2) is 9.89 Å². The van der Waals surface area contributed by atoms with Crippen LogP contribution in [0.5, 0.6) is 0 Å². The Morgan fingerprint density at radius 1 is 1.53 bits per heavy atom. The van der Waals surface area contributed by atoms with Crippen LogP contribution in [0.4, 0.5) is 10.7 Å². The number of H-pyrrole nitrogens is 1. The summed E-state index contributed by atoms with van der Waals surface area (Å²) in [4.78, 5) is 13.3. The van der Waals surface area contributed by atoms with Crippen molar-refractivity contribution in [3.63, 3.8) is 0 Å². The highest BCUT2D eigenvalue weighted by Gasteiger charge is 2.02. The van der Waals surface area contributed by atoms with Gasteiger partial charge >= 0.3 is 6.03 Å². The number of aromatic amines is 1. The standard InChI is InChI=1S/C7H15N7O/c1-14(2)5-3-4-8-7(15)9-6-10-12-13-11-6/h3-5H2,1-2H3,(H3,8,9,10,11,12,13,15). The van der Waals surface area contributed by atoms with Gasteiger partial charge in [0.25, 0.3) is 0 Å². The first kappa shape index (κ1) is 11.4. The first-order valence-corrected chi connectivity index (χ1v) is 4.62. The van der Waals surface area contributed by atoms with Crippen molar-refractivity contribution < 1.29 is 4.79 Å². The van der Waals surface area contributed by atoms with Gasteiger partial charge in [-0.1, -0.05) is 5.10 Å². The lowest BCUT2D eigenvalue weighted by Crippen LogP contribution is -2.31. The van der Waals surface area contributed by atoms with E-state index in [9.17, 15) is 4.79 Å². The minimum Gasteiger partial charge on any atom is -0.338 e. The van der Waals surface area contributed by atoms with Crippen molar-refractivity contribution in [2.45, 2.75) is 6.42 Å². The Kier molecular flexibility index (Phi) is 4.48. The van der Waals surface area contributed by atoms with Crippen LogP contribution in [0.3, 0.4) is 0 Å². The summed E-state index contributed by atoms with van der Waals surface area (Å²) in [5.74, 6) is 0.236. The number of carbonyl (C=O) groups is 1. The first-order chi connectivity index (χ1) is 7.18. The highest BCUT2D eigenvalue weighted by molar-refractivity contribution is 5.87. The lowest BCUT2D eigenvalue weighted by atomic mass is 10.4. The molecule has 0 saturated heterocycles. The van der Waals surface area contributed by atoms with Gasteiger partial charge in [-0.3, -0.25) is 5.32 Å². The predicted octanol–water partition coefficient (Wildman–Crippen LogP) is -0.727. The number of anilines is 1. The van der Waals surface area contributed by atoms with E-state index >= 15 is 0 Å². The number of carbonyl (C=O) groups excluding carboxylic acids is 1. The van der Waals surface area contributed by atoms with Gasteiger partial charge in [-0.2, -0.15) is 0 Å². The van der Waals surface area contributed by atoms with E-state index in [1.54, 1.807) is 0 Å². The number of nitrogens with zero attached hydrogens (tertiary/aromatic N) is 4. The molecule has 2 amide bonds. The van der Waals surface area contributed by atoms with Crippen LogP contribution in [0.1, 0.15) is 6.42 Å². The van der Waals surface area contributed by atoms with Crippen molar-refractivity contribution in [3.05, 3.63) is 0 Å². The van der Waals surface area contributed by atoms with Crippen molar-refractivity contribution in [1.82, 2.24) is 30.8 Å². The predicted molar refractivity (Wildman–Crippen MR) is 54.4 cm³/mol. The molecule has 0 atom stereocenters. The van der Waals surface area contributed by atoms with Gasteiger partial charge in [-0.15, -0.1) is 0 Å². The molecule has 3 N–H and O–H groups in total. The molecule has 8 nitrogen and oxygen atoms in total. The maximum Gasteiger partial charge on any atom is 0.321 e. The van der Waals surface area contributed by atoms with E-state index in [0.29, 0.717) is 6.54 Å². The molecule has 0 saturated carbocycles. The molecule has 1 heterocycles. The number of amides is 2. The van der Waals surface area contributed by atoms with E-state index in [4.69, 9.17) is 0 Å². The molecule has 0 radical (unpaired) electrons. The number of hydrogen-bond donors (Lipinski definition) is 3. The molecule has 0 bridgehead atoms. The number of hydrogen-bond acceptors (Lipinski definition) is 5. The monoisotopic (exact) mass is 213 g/mol. The van der Waals surface area contributed by atoms with Gasteiger partial charge in [0.15, 0.2) is 0 Å². The zero-order valence-electron chi connectivity index (χ0n) is 8.82. The van der Waals surface area contributed by atoms with E-state index in [-0.39, 0.29) is 12.0 Å². The Morgan fingerprint density at radius 2 is 2.33 bits per heavy atom. The molecule has 1 aromatic heterocycles.